The van der Waals surface area contributed by atoms with Crippen LogP contribution < -0.4 is 15.5 Å². The number of carboxylic acids is 1. The molecule has 0 unspecified atom stereocenters. The lowest BCUT2D eigenvalue weighted by molar-refractivity contribution is -0.122. The molecule has 1 aromatic heterocycles. The number of ether oxygens (including phenoxy) is 1. The number of hydrogen-bond acceptors (Lipinski definition) is 7. The third kappa shape index (κ3) is 7.00. The van der Waals surface area contributed by atoms with Crippen LogP contribution in [0.15, 0.2) is 36.5 Å². The molecule has 1 fully saturated rings. The van der Waals surface area contributed by atoms with E-state index in [2.05, 4.69) is 15.6 Å². The number of anilines is 2. The van der Waals surface area contributed by atoms with Crippen LogP contribution in [0, 0.1) is 6.92 Å². The summed E-state index contributed by atoms with van der Waals surface area (Å²) in [6, 6.07) is 8.57. The Morgan fingerprint density at radius 1 is 1.15 bits per heavy atom. The molecule has 10 heteroatoms. The number of nitrogens with zero attached hydrogens (tertiary/aromatic N) is 3. The number of benzene rings is 1. The fourth-order valence-electron chi connectivity index (χ4n) is 3.75. The van der Waals surface area contributed by atoms with Gasteiger partial charge in [0.1, 0.15) is 11.4 Å². The Hall–Kier alpha value is -3.50. The molecule has 2 heterocycles. The van der Waals surface area contributed by atoms with Gasteiger partial charge in [-0.3, -0.25) is 14.5 Å². The molecule has 34 heavy (non-hydrogen) atoms. The van der Waals surface area contributed by atoms with Crippen molar-refractivity contribution in [3.63, 3.8) is 0 Å². The van der Waals surface area contributed by atoms with Crippen molar-refractivity contribution in [2.75, 3.05) is 63.2 Å². The minimum atomic E-state index is -1.12. The van der Waals surface area contributed by atoms with Crippen LogP contribution >= 0.6 is 0 Å². The molecular formula is C24H31N5O5. The topological polar surface area (TPSA) is 124 Å². The lowest BCUT2D eigenvalue weighted by atomic mass is 10.1. The Morgan fingerprint density at radius 2 is 1.91 bits per heavy atom. The highest BCUT2D eigenvalue weighted by atomic mass is 16.5. The van der Waals surface area contributed by atoms with Crippen molar-refractivity contribution in [2.24, 2.45) is 0 Å². The van der Waals surface area contributed by atoms with E-state index in [1.165, 1.54) is 12.3 Å². The summed E-state index contributed by atoms with van der Waals surface area (Å²) < 4.78 is 4.97. The Balaban J connectivity index is 1.59. The molecule has 2 amide bonds. The van der Waals surface area contributed by atoms with Crippen LogP contribution in [0.25, 0.3) is 0 Å². The maximum Gasteiger partial charge on any atom is 0.339 e. The maximum absolute atomic E-state index is 12.5. The quantitative estimate of drug-likeness (QED) is 0.449. The first kappa shape index (κ1) is 25.1. The second-order valence-corrected chi connectivity index (χ2v) is 8.18. The monoisotopic (exact) mass is 469 g/mol. The van der Waals surface area contributed by atoms with Crippen LogP contribution in [0.5, 0.6) is 0 Å². The van der Waals surface area contributed by atoms with Crippen LogP contribution in [0.2, 0.25) is 0 Å². The Morgan fingerprint density at radius 3 is 2.59 bits per heavy atom. The van der Waals surface area contributed by atoms with Crippen LogP contribution in [-0.2, 0) is 9.53 Å². The number of pyridine rings is 1. The molecule has 0 radical (unpaired) electrons. The van der Waals surface area contributed by atoms with E-state index >= 15 is 0 Å². The Labute approximate surface area is 198 Å². The van der Waals surface area contributed by atoms with Crippen molar-refractivity contribution >= 4 is 29.3 Å². The van der Waals surface area contributed by atoms with E-state index in [0.717, 1.165) is 12.0 Å². The van der Waals surface area contributed by atoms with Crippen molar-refractivity contribution in [1.29, 1.82) is 0 Å². The number of aromatic carboxylic acids is 1. The second kappa shape index (κ2) is 12.1. The Bertz CT molecular complexity index is 1020. The number of carboxylic acid groups (broad SMARTS) is 1. The van der Waals surface area contributed by atoms with E-state index in [4.69, 9.17) is 4.74 Å². The molecule has 1 saturated heterocycles. The van der Waals surface area contributed by atoms with Gasteiger partial charge in [-0.15, -0.1) is 0 Å². The third-order valence-corrected chi connectivity index (χ3v) is 5.52. The van der Waals surface area contributed by atoms with Gasteiger partial charge in [-0.25, -0.2) is 9.78 Å². The first-order chi connectivity index (χ1) is 16.4. The van der Waals surface area contributed by atoms with E-state index in [9.17, 15) is 19.5 Å². The molecule has 0 bridgehead atoms. The average molecular weight is 470 g/mol. The van der Waals surface area contributed by atoms with E-state index in [1.54, 1.807) is 25.3 Å². The molecule has 0 spiro atoms. The predicted molar refractivity (Wildman–Crippen MR) is 128 cm³/mol. The zero-order chi connectivity index (χ0) is 24.5. The molecular weight excluding hydrogens is 438 g/mol. The summed E-state index contributed by atoms with van der Waals surface area (Å²) in [4.78, 5) is 44.8. The molecule has 1 aromatic carbocycles. The summed E-state index contributed by atoms with van der Waals surface area (Å²) in [6.07, 6.45) is 2.23. The lowest BCUT2D eigenvalue weighted by Gasteiger charge is -2.35. The highest BCUT2D eigenvalue weighted by Crippen LogP contribution is 2.23. The van der Waals surface area contributed by atoms with Crippen molar-refractivity contribution < 1.29 is 24.2 Å². The summed E-state index contributed by atoms with van der Waals surface area (Å²) in [6.45, 7) is 5.67. The number of amides is 2. The highest BCUT2D eigenvalue weighted by Gasteiger charge is 2.24. The second-order valence-electron chi connectivity index (χ2n) is 8.18. The third-order valence-electron chi connectivity index (χ3n) is 5.52. The molecule has 0 atom stereocenters. The van der Waals surface area contributed by atoms with Crippen molar-refractivity contribution in [1.82, 2.24) is 15.2 Å². The van der Waals surface area contributed by atoms with Gasteiger partial charge < -0.3 is 25.4 Å². The van der Waals surface area contributed by atoms with Crippen molar-refractivity contribution in [2.45, 2.75) is 13.3 Å². The smallest absolute Gasteiger partial charge is 0.339 e. The molecule has 0 aliphatic carbocycles. The van der Waals surface area contributed by atoms with Gasteiger partial charge in [-0.1, -0.05) is 17.7 Å². The molecule has 182 valence electrons. The van der Waals surface area contributed by atoms with Crippen molar-refractivity contribution in [3.8, 4) is 0 Å². The predicted octanol–water partition coefficient (Wildman–Crippen LogP) is 1.62. The minimum Gasteiger partial charge on any atom is -0.478 e. The number of rotatable bonds is 10. The summed E-state index contributed by atoms with van der Waals surface area (Å²) in [5.41, 5.74) is 1.78. The van der Waals surface area contributed by atoms with E-state index < -0.39 is 5.97 Å². The molecule has 0 saturated carbocycles. The van der Waals surface area contributed by atoms with Gasteiger partial charge in [-0.05, 0) is 31.5 Å². The summed E-state index contributed by atoms with van der Waals surface area (Å²) in [7, 11) is 1.63. The summed E-state index contributed by atoms with van der Waals surface area (Å²) >= 11 is 0. The highest BCUT2D eigenvalue weighted by molar-refractivity contribution is 6.05. The van der Waals surface area contributed by atoms with Gasteiger partial charge >= 0.3 is 5.97 Å². The first-order valence-electron chi connectivity index (χ1n) is 11.2. The van der Waals surface area contributed by atoms with Gasteiger partial charge in [-0.2, -0.15) is 0 Å². The number of carbonyl (C=O) groups excluding carboxylic acids is 2. The standard InChI is InChI=1S/C24H31N5O5/c1-17-5-3-6-18(13-17)23(31)27-19-14-20(24(32)33)22(26-15-19)29-10-8-28(9-11-29)16-21(30)25-7-4-12-34-2/h3,5-6,13-15H,4,7-12,16H2,1-2H3,(H,25,30)(H,27,31)(H,32,33). The number of aryl methyl sites for hydroxylation is 1. The van der Waals surface area contributed by atoms with Gasteiger partial charge in [0.25, 0.3) is 5.91 Å². The molecule has 2 aromatic rings. The fraction of sp³-hybridized carbons (Fsp3) is 0.417. The molecule has 1 aliphatic heterocycles. The van der Waals surface area contributed by atoms with Gasteiger partial charge in [0.05, 0.1) is 18.4 Å². The van der Waals surface area contributed by atoms with Gasteiger partial charge in [0.15, 0.2) is 0 Å². The normalized spacial score (nSPS) is 14.0. The number of nitrogens with one attached hydrogen (secondary N) is 2. The summed E-state index contributed by atoms with van der Waals surface area (Å²) in [5, 5.41) is 15.3. The SMILES string of the molecule is COCCCNC(=O)CN1CCN(c2ncc(NC(=O)c3cccc(C)c3)cc2C(=O)O)CC1. The van der Waals surface area contributed by atoms with E-state index in [-0.39, 0.29) is 17.4 Å². The molecule has 10 nitrogen and oxygen atoms in total. The van der Waals surface area contributed by atoms with Gasteiger partial charge in [0.2, 0.25) is 5.91 Å². The van der Waals surface area contributed by atoms with Crippen LogP contribution in [0.4, 0.5) is 11.5 Å². The number of aromatic nitrogens is 1. The number of carbonyl (C=O) groups is 3. The van der Waals surface area contributed by atoms with Crippen LogP contribution in [-0.4, -0.2) is 85.8 Å². The largest absolute Gasteiger partial charge is 0.478 e. The van der Waals surface area contributed by atoms with Crippen LogP contribution in [0.3, 0.4) is 0 Å². The Kier molecular flexibility index (Phi) is 8.94. The van der Waals surface area contributed by atoms with Gasteiger partial charge in [0, 0.05) is 52.0 Å². The summed E-state index contributed by atoms with van der Waals surface area (Å²) in [5.74, 6) is -1.14. The zero-order valence-corrected chi connectivity index (χ0v) is 19.5. The average Bonchev–Trinajstić information content (AvgIpc) is 2.82. The van der Waals surface area contributed by atoms with E-state index in [0.29, 0.717) is 62.9 Å². The molecule has 3 rings (SSSR count). The molecule has 1 aliphatic rings. The molecule has 3 N–H and O–H groups in total. The zero-order valence-electron chi connectivity index (χ0n) is 19.5. The number of methoxy groups -OCH3 is 1. The van der Waals surface area contributed by atoms with Crippen molar-refractivity contribution in [3.05, 3.63) is 53.2 Å². The number of piperazine rings is 1. The lowest BCUT2D eigenvalue weighted by Crippen LogP contribution is -2.50. The van der Waals surface area contributed by atoms with Crippen LogP contribution in [0.1, 0.15) is 32.7 Å². The van der Waals surface area contributed by atoms with E-state index in [1.807, 2.05) is 22.8 Å². The first-order valence-corrected chi connectivity index (χ1v) is 11.2. The minimum absolute atomic E-state index is 0.0198. The number of hydrogen-bond donors (Lipinski definition) is 3. The maximum atomic E-state index is 12.5. The fourth-order valence-corrected chi connectivity index (χ4v) is 3.75.